The molecule has 0 saturated carbocycles. The van der Waals surface area contributed by atoms with Crippen molar-refractivity contribution in [1.29, 1.82) is 0 Å². The van der Waals surface area contributed by atoms with Crippen molar-refractivity contribution in [3.05, 3.63) is 29.3 Å². The molecule has 0 amide bonds. The first kappa shape index (κ1) is 9.81. The van der Waals surface area contributed by atoms with E-state index in [9.17, 15) is 0 Å². The second kappa shape index (κ2) is 4.20. The predicted molar refractivity (Wildman–Crippen MR) is 61.1 cm³/mol. The van der Waals surface area contributed by atoms with Crippen LogP contribution >= 0.6 is 11.6 Å². The van der Waals surface area contributed by atoms with Crippen LogP contribution < -0.4 is 10.2 Å². The molecule has 1 aliphatic heterocycles. The Bertz CT molecular complexity index is 297. The summed E-state index contributed by atoms with van der Waals surface area (Å²) in [6.07, 6.45) is 0. The summed E-state index contributed by atoms with van der Waals surface area (Å²) in [5.74, 6) is 0. The molecule has 1 unspecified atom stereocenters. The molecule has 1 aromatic rings. The van der Waals surface area contributed by atoms with Gasteiger partial charge in [0, 0.05) is 36.4 Å². The molecule has 0 aliphatic carbocycles. The van der Waals surface area contributed by atoms with Crippen LogP contribution in [0.1, 0.15) is 6.92 Å². The molecule has 2 rings (SSSR count). The Balaban J connectivity index is 2.10. The van der Waals surface area contributed by atoms with Gasteiger partial charge in [-0.2, -0.15) is 0 Å². The standard InChI is InChI=1S/C11H15ClN2/c1-9-8-14(7-6-13-9)11-4-2-10(12)3-5-11/h2-5,9,13H,6-8H2,1H3. The minimum Gasteiger partial charge on any atom is -0.369 e. The Morgan fingerprint density at radius 3 is 2.71 bits per heavy atom. The Morgan fingerprint density at radius 2 is 2.07 bits per heavy atom. The molecule has 0 radical (unpaired) electrons. The van der Waals surface area contributed by atoms with E-state index in [1.807, 2.05) is 12.1 Å². The van der Waals surface area contributed by atoms with Crippen LogP contribution in [0.4, 0.5) is 5.69 Å². The predicted octanol–water partition coefficient (Wildman–Crippen LogP) is 2.14. The summed E-state index contributed by atoms with van der Waals surface area (Å²) in [7, 11) is 0. The Kier molecular flexibility index (Phi) is 2.94. The lowest BCUT2D eigenvalue weighted by atomic mass is 10.2. The van der Waals surface area contributed by atoms with Gasteiger partial charge in [-0.3, -0.25) is 0 Å². The van der Waals surface area contributed by atoms with Crippen LogP contribution in [0.3, 0.4) is 0 Å². The van der Waals surface area contributed by atoms with Gasteiger partial charge in [0.15, 0.2) is 0 Å². The van der Waals surface area contributed by atoms with Crippen molar-refractivity contribution < 1.29 is 0 Å². The summed E-state index contributed by atoms with van der Waals surface area (Å²) in [6.45, 7) is 5.42. The van der Waals surface area contributed by atoms with Gasteiger partial charge in [0.2, 0.25) is 0 Å². The van der Waals surface area contributed by atoms with Crippen LogP contribution in [0.15, 0.2) is 24.3 Å². The number of halogens is 1. The molecule has 0 spiro atoms. The number of piperazine rings is 1. The summed E-state index contributed by atoms with van der Waals surface area (Å²) in [5, 5.41) is 4.23. The largest absolute Gasteiger partial charge is 0.369 e. The number of nitrogens with zero attached hydrogens (tertiary/aromatic N) is 1. The summed E-state index contributed by atoms with van der Waals surface area (Å²) in [4.78, 5) is 2.39. The number of anilines is 1. The van der Waals surface area contributed by atoms with Crippen molar-refractivity contribution in [3.63, 3.8) is 0 Å². The molecule has 1 saturated heterocycles. The van der Waals surface area contributed by atoms with Crippen molar-refractivity contribution in [1.82, 2.24) is 5.32 Å². The van der Waals surface area contributed by atoms with Gasteiger partial charge < -0.3 is 10.2 Å². The highest BCUT2D eigenvalue weighted by Crippen LogP contribution is 2.18. The van der Waals surface area contributed by atoms with E-state index in [1.54, 1.807) is 0 Å². The summed E-state index contributed by atoms with van der Waals surface area (Å²) < 4.78 is 0. The molecule has 1 fully saturated rings. The number of rotatable bonds is 1. The van der Waals surface area contributed by atoms with E-state index in [4.69, 9.17) is 11.6 Å². The Labute approximate surface area is 89.9 Å². The van der Waals surface area contributed by atoms with Gasteiger partial charge in [-0.15, -0.1) is 0 Å². The maximum absolute atomic E-state index is 5.85. The first-order valence-electron chi connectivity index (χ1n) is 4.99. The number of benzene rings is 1. The van der Waals surface area contributed by atoms with E-state index in [2.05, 4.69) is 29.3 Å². The van der Waals surface area contributed by atoms with Crippen LogP contribution in [-0.2, 0) is 0 Å². The minimum absolute atomic E-state index is 0.569. The quantitative estimate of drug-likeness (QED) is 0.764. The lowest BCUT2D eigenvalue weighted by Crippen LogP contribution is -2.49. The topological polar surface area (TPSA) is 15.3 Å². The van der Waals surface area contributed by atoms with Gasteiger partial charge in [0.05, 0.1) is 0 Å². The Hall–Kier alpha value is -0.730. The SMILES string of the molecule is CC1CN(c2ccc(Cl)cc2)CCN1. The molecule has 2 nitrogen and oxygen atoms in total. The highest BCUT2D eigenvalue weighted by atomic mass is 35.5. The van der Waals surface area contributed by atoms with Crippen molar-refractivity contribution in [2.24, 2.45) is 0 Å². The zero-order chi connectivity index (χ0) is 9.97. The maximum atomic E-state index is 5.85. The van der Waals surface area contributed by atoms with Crippen LogP contribution in [0.2, 0.25) is 5.02 Å². The van der Waals surface area contributed by atoms with E-state index in [0.717, 1.165) is 24.7 Å². The van der Waals surface area contributed by atoms with Gasteiger partial charge >= 0.3 is 0 Å². The normalized spacial score (nSPS) is 22.4. The number of nitrogens with one attached hydrogen (secondary N) is 1. The second-order valence-corrected chi connectivity index (χ2v) is 4.21. The molecule has 1 heterocycles. The smallest absolute Gasteiger partial charge is 0.0407 e. The van der Waals surface area contributed by atoms with Crippen molar-refractivity contribution >= 4 is 17.3 Å². The Morgan fingerprint density at radius 1 is 1.36 bits per heavy atom. The first-order valence-corrected chi connectivity index (χ1v) is 5.37. The summed E-state index contributed by atoms with van der Waals surface area (Å²) >= 11 is 5.85. The molecular weight excluding hydrogens is 196 g/mol. The molecule has 1 aliphatic rings. The monoisotopic (exact) mass is 210 g/mol. The van der Waals surface area contributed by atoms with Crippen LogP contribution in [0, 0.1) is 0 Å². The third kappa shape index (κ3) is 2.20. The molecule has 1 N–H and O–H groups in total. The van der Waals surface area contributed by atoms with Gasteiger partial charge in [-0.05, 0) is 31.2 Å². The van der Waals surface area contributed by atoms with E-state index < -0.39 is 0 Å². The zero-order valence-corrected chi connectivity index (χ0v) is 9.09. The fourth-order valence-corrected chi connectivity index (χ4v) is 1.94. The molecule has 1 aromatic carbocycles. The highest BCUT2D eigenvalue weighted by molar-refractivity contribution is 6.30. The molecule has 1 atom stereocenters. The van der Waals surface area contributed by atoms with Gasteiger partial charge in [-0.25, -0.2) is 0 Å². The van der Waals surface area contributed by atoms with Gasteiger partial charge in [0.1, 0.15) is 0 Å². The van der Waals surface area contributed by atoms with Crippen LogP contribution in [0.5, 0.6) is 0 Å². The van der Waals surface area contributed by atoms with Gasteiger partial charge in [0.25, 0.3) is 0 Å². The van der Waals surface area contributed by atoms with Crippen LogP contribution in [-0.4, -0.2) is 25.7 Å². The third-order valence-corrected chi connectivity index (χ3v) is 2.81. The molecule has 0 bridgehead atoms. The summed E-state index contributed by atoms with van der Waals surface area (Å²) in [6, 6.07) is 8.63. The van der Waals surface area contributed by atoms with Crippen molar-refractivity contribution in [3.8, 4) is 0 Å². The fourth-order valence-electron chi connectivity index (χ4n) is 1.82. The number of hydrogen-bond acceptors (Lipinski definition) is 2. The molecule has 14 heavy (non-hydrogen) atoms. The van der Waals surface area contributed by atoms with Gasteiger partial charge in [-0.1, -0.05) is 11.6 Å². The average Bonchev–Trinajstić information content (AvgIpc) is 2.19. The molecule has 76 valence electrons. The third-order valence-electron chi connectivity index (χ3n) is 2.56. The lowest BCUT2D eigenvalue weighted by Gasteiger charge is -2.33. The van der Waals surface area contributed by atoms with E-state index in [0.29, 0.717) is 6.04 Å². The number of hydrogen-bond donors (Lipinski definition) is 1. The van der Waals surface area contributed by atoms with Crippen LogP contribution in [0.25, 0.3) is 0 Å². The summed E-state index contributed by atoms with van der Waals surface area (Å²) in [5.41, 5.74) is 1.27. The van der Waals surface area contributed by atoms with E-state index in [-0.39, 0.29) is 0 Å². The average molecular weight is 211 g/mol. The van der Waals surface area contributed by atoms with Crippen molar-refractivity contribution in [2.75, 3.05) is 24.5 Å². The minimum atomic E-state index is 0.569. The second-order valence-electron chi connectivity index (χ2n) is 3.78. The maximum Gasteiger partial charge on any atom is 0.0407 e. The molecule has 0 aromatic heterocycles. The zero-order valence-electron chi connectivity index (χ0n) is 8.33. The lowest BCUT2D eigenvalue weighted by molar-refractivity contribution is 0.485. The van der Waals surface area contributed by atoms with E-state index in [1.165, 1.54) is 5.69 Å². The van der Waals surface area contributed by atoms with Crippen molar-refractivity contribution in [2.45, 2.75) is 13.0 Å². The molecular formula is C11H15ClN2. The fraction of sp³-hybridized carbons (Fsp3) is 0.455. The molecule has 3 heteroatoms. The first-order chi connectivity index (χ1) is 6.75. The van der Waals surface area contributed by atoms with E-state index >= 15 is 0 Å². The highest BCUT2D eigenvalue weighted by Gasteiger charge is 2.15.